The van der Waals surface area contributed by atoms with Crippen LogP contribution in [0.4, 0.5) is 5.69 Å². The predicted octanol–water partition coefficient (Wildman–Crippen LogP) is 2.75. The lowest BCUT2D eigenvalue weighted by molar-refractivity contribution is -0.155. The summed E-state index contributed by atoms with van der Waals surface area (Å²) in [5.41, 5.74) is 0.411. The Kier molecular flexibility index (Phi) is 6.13. The van der Waals surface area contributed by atoms with Crippen LogP contribution in [0.25, 0.3) is 11.0 Å². The zero-order valence-corrected chi connectivity index (χ0v) is 15.8. The third-order valence-electron chi connectivity index (χ3n) is 3.99. The van der Waals surface area contributed by atoms with Crippen molar-refractivity contribution in [2.45, 2.75) is 13.0 Å². The summed E-state index contributed by atoms with van der Waals surface area (Å²) in [5.74, 6) is -0.195. The first kappa shape index (κ1) is 19.9. The topological polar surface area (TPSA) is 104 Å². The molecule has 0 aliphatic heterocycles. The van der Waals surface area contributed by atoms with Crippen LogP contribution in [0.3, 0.4) is 0 Å². The van der Waals surface area contributed by atoms with Gasteiger partial charge in [0, 0.05) is 23.2 Å². The van der Waals surface area contributed by atoms with Crippen LogP contribution < -0.4 is 20.4 Å². The maximum absolute atomic E-state index is 12.2. The average molecular weight is 397 g/mol. The van der Waals surface area contributed by atoms with E-state index in [1.165, 1.54) is 19.1 Å². The Morgan fingerprint density at radius 1 is 1.03 bits per heavy atom. The van der Waals surface area contributed by atoms with E-state index >= 15 is 0 Å². The molecule has 1 atom stereocenters. The number of hydrogen-bond acceptors (Lipinski definition) is 7. The summed E-state index contributed by atoms with van der Waals surface area (Å²) in [6.45, 7) is 1.06. The molecule has 3 rings (SSSR count). The molecule has 1 heterocycles. The number of anilines is 1. The molecule has 0 saturated heterocycles. The van der Waals surface area contributed by atoms with Crippen molar-refractivity contribution in [2.75, 3.05) is 19.0 Å². The van der Waals surface area contributed by atoms with E-state index in [0.29, 0.717) is 22.8 Å². The first-order valence-corrected chi connectivity index (χ1v) is 8.76. The number of rotatable bonds is 7. The van der Waals surface area contributed by atoms with Crippen molar-refractivity contribution in [3.63, 3.8) is 0 Å². The van der Waals surface area contributed by atoms with E-state index in [1.807, 2.05) is 0 Å². The lowest BCUT2D eigenvalue weighted by Gasteiger charge is -2.14. The third kappa shape index (κ3) is 5.35. The van der Waals surface area contributed by atoms with Crippen molar-refractivity contribution in [1.82, 2.24) is 0 Å². The summed E-state index contributed by atoms with van der Waals surface area (Å²) in [4.78, 5) is 35.4. The van der Waals surface area contributed by atoms with Crippen molar-refractivity contribution in [3.8, 4) is 11.5 Å². The predicted molar refractivity (Wildman–Crippen MR) is 105 cm³/mol. The van der Waals surface area contributed by atoms with Gasteiger partial charge in [0.15, 0.2) is 12.7 Å². The van der Waals surface area contributed by atoms with Gasteiger partial charge < -0.3 is 23.9 Å². The van der Waals surface area contributed by atoms with E-state index in [0.717, 1.165) is 5.39 Å². The highest BCUT2D eigenvalue weighted by atomic mass is 16.6. The number of esters is 1. The smallest absolute Gasteiger partial charge is 0.344 e. The molecule has 0 saturated carbocycles. The van der Waals surface area contributed by atoms with Gasteiger partial charge in [-0.3, -0.25) is 4.79 Å². The minimum Gasteiger partial charge on any atom is -0.497 e. The maximum atomic E-state index is 12.2. The minimum absolute atomic E-state index is 0.333. The first-order chi connectivity index (χ1) is 13.9. The number of carbonyl (C=O) groups excluding carboxylic acids is 2. The minimum atomic E-state index is -1.01. The van der Waals surface area contributed by atoms with Crippen LogP contribution in [0, 0.1) is 0 Å². The molecule has 8 heteroatoms. The summed E-state index contributed by atoms with van der Waals surface area (Å²) >= 11 is 0. The Morgan fingerprint density at radius 3 is 2.45 bits per heavy atom. The van der Waals surface area contributed by atoms with Gasteiger partial charge in [-0.05, 0) is 49.4 Å². The molecule has 0 fully saturated rings. The van der Waals surface area contributed by atoms with Crippen LogP contribution in [0.2, 0.25) is 0 Å². The summed E-state index contributed by atoms with van der Waals surface area (Å²) < 4.78 is 20.6. The van der Waals surface area contributed by atoms with E-state index in [1.54, 1.807) is 49.6 Å². The molecule has 0 spiro atoms. The Hall–Kier alpha value is -3.81. The molecule has 0 radical (unpaired) electrons. The zero-order valence-electron chi connectivity index (χ0n) is 15.8. The van der Waals surface area contributed by atoms with E-state index in [9.17, 15) is 14.4 Å². The van der Waals surface area contributed by atoms with Gasteiger partial charge in [-0.15, -0.1) is 0 Å². The van der Waals surface area contributed by atoms with Crippen molar-refractivity contribution < 1.29 is 28.2 Å². The molecule has 1 N–H and O–H groups in total. The van der Waals surface area contributed by atoms with Crippen LogP contribution >= 0.6 is 0 Å². The number of amides is 1. The van der Waals surface area contributed by atoms with Crippen LogP contribution in [-0.4, -0.2) is 31.7 Å². The molecule has 1 aromatic heterocycles. The largest absolute Gasteiger partial charge is 0.497 e. The molecular weight excluding hydrogens is 378 g/mol. The highest BCUT2D eigenvalue weighted by Gasteiger charge is 2.18. The summed E-state index contributed by atoms with van der Waals surface area (Å²) in [5, 5.41) is 3.37. The number of carbonyl (C=O) groups is 2. The van der Waals surface area contributed by atoms with Gasteiger partial charge in [0.25, 0.3) is 5.91 Å². The van der Waals surface area contributed by atoms with Crippen LogP contribution in [-0.2, 0) is 14.3 Å². The van der Waals surface area contributed by atoms with E-state index in [4.69, 9.17) is 18.6 Å². The van der Waals surface area contributed by atoms with Crippen LogP contribution in [0.1, 0.15) is 6.92 Å². The number of benzene rings is 2. The number of nitrogens with one attached hydrogen (secondary N) is 1. The Balaban J connectivity index is 1.51. The molecule has 1 amide bonds. The fourth-order valence-corrected chi connectivity index (χ4v) is 2.48. The normalized spacial score (nSPS) is 11.5. The fraction of sp³-hybridized carbons (Fsp3) is 0.190. The average Bonchev–Trinajstić information content (AvgIpc) is 2.72. The van der Waals surface area contributed by atoms with E-state index in [-0.39, 0.29) is 0 Å². The standard InChI is InChI=1S/C21H19NO7/c1-13(21(25)22-15-5-8-16(26-2)9-6-15)28-20(24)12-27-17-7-3-14-4-10-19(23)29-18(14)11-17/h3-11,13H,12H2,1-2H3,(H,22,25). The van der Waals surface area contributed by atoms with Gasteiger partial charge >= 0.3 is 11.6 Å². The molecule has 0 aliphatic rings. The molecular formula is C21H19NO7. The van der Waals surface area contributed by atoms with Gasteiger partial charge in [-0.1, -0.05) is 0 Å². The molecule has 0 bridgehead atoms. The second kappa shape index (κ2) is 8.92. The lowest BCUT2D eigenvalue weighted by atomic mass is 10.2. The molecule has 8 nitrogen and oxygen atoms in total. The van der Waals surface area contributed by atoms with Gasteiger partial charge in [0.05, 0.1) is 7.11 Å². The zero-order chi connectivity index (χ0) is 20.8. The summed E-state index contributed by atoms with van der Waals surface area (Å²) in [6.07, 6.45) is -1.01. The van der Waals surface area contributed by atoms with Crippen molar-refractivity contribution in [3.05, 3.63) is 65.0 Å². The molecule has 150 valence electrons. The molecule has 2 aromatic carbocycles. The molecule has 0 aliphatic carbocycles. The first-order valence-electron chi connectivity index (χ1n) is 8.76. The lowest BCUT2D eigenvalue weighted by Crippen LogP contribution is -2.31. The van der Waals surface area contributed by atoms with Crippen molar-refractivity contribution in [1.29, 1.82) is 0 Å². The maximum Gasteiger partial charge on any atom is 0.344 e. The van der Waals surface area contributed by atoms with Crippen LogP contribution in [0.15, 0.2) is 63.8 Å². The number of ether oxygens (including phenoxy) is 3. The van der Waals surface area contributed by atoms with Gasteiger partial charge in [-0.25, -0.2) is 9.59 Å². The van der Waals surface area contributed by atoms with E-state index in [2.05, 4.69) is 5.32 Å². The number of methoxy groups -OCH3 is 1. The fourth-order valence-electron chi connectivity index (χ4n) is 2.48. The van der Waals surface area contributed by atoms with Crippen molar-refractivity contribution in [2.24, 2.45) is 0 Å². The van der Waals surface area contributed by atoms with E-state index < -0.39 is 30.2 Å². The molecule has 1 unspecified atom stereocenters. The molecule has 3 aromatic rings. The highest BCUT2D eigenvalue weighted by Crippen LogP contribution is 2.19. The quantitative estimate of drug-likeness (QED) is 0.483. The monoisotopic (exact) mass is 397 g/mol. The van der Waals surface area contributed by atoms with Gasteiger partial charge in [-0.2, -0.15) is 0 Å². The van der Waals surface area contributed by atoms with Crippen LogP contribution in [0.5, 0.6) is 11.5 Å². The Labute approximate surface area is 166 Å². The second-order valence-corrected chi connectivity index (χ2v) is 6.09. The Bertz CT molecular complexity index is 1070. The molecule has 29 heavy (non-hydrogen) atoms. The number of hydrogen-bond donors (Lipinski definition) is 1. The highest BCUT2D eigenvalue weighted by molar-refractivity contribution is 5.95. The Morgan fingerprint density at radius 2 is 1.72 bits per heavy atom. The second-order valence-electron chi connectivity index (χ2n) is 6.09. The summed E-state index contributed by atoms with van der Waals surface area (Å²) in [7, 11) is 1.55. The van der Waals surface area contributed by atoms with Gasteiger partial charge in [0.2, 0.25) is 0 Å². The SMILES string of the molecule is COc1ccc(NC(=O)C(C)OC(=O)COc2ccc3ccc(=O)oc3c2)cc1. The third-order valence-corrected chi connectivity index (χ3v) is 3.99. The van der Waals surface area contributed by atoms with Gasteiger partial charge in [0.1, 0.15) is 17.1 Å². The summed E-state index contributed by atoms with van der Waals surface area (Å²) in [6, 6.07) is 14.5. The van der Waals surface area contributed by atoms with Crippen molar-refractivity contribution >= 4 is 28.5 Å². The number of fused-ring (bicyclic) bond motifs is 1.